The van der Waals surface area contributed by atoms with Crippen molar-refractivity contribution in [3.8, 4) is 0 Å². The van der Waals surface area contributed by atoms with Crippen LogP contribution in [0.25, 0.3) is 0 Å². The number of hydrogen-bond donors (Lipinski definition) is 1. The topological polar surface area (TPSA) is 72.8 Å². The molecule has 1 N–H and O–H groups in total. The second kappa shape index (κ2) is 60.2. The fourth-order valence-electron chi connectivity index (χ4n) is 9.32. The van der Waals surface area contributed by atoms with Gasteiger partial charge in [0.15, 0.2) is 6.10 Å². The van der Waals surface area contributed by atoms with Crippen LogP contribution < -0.4 is 0 Å². The second-order valence-electron chi connectivity index (χ2n) is 20.8. The normalized spacial score (nSPS) is 12.4. The average molecular weight is 968 g/mol. The van der Waals surface area contributed by atoms with Crippen molar-refractivity contribution in [1.29, 1.82) is 0 Å². The van der Waals surface area contributed by atoms with Crippen molar-refractivity contribution in [3.63, 3.8) is 0 Å². The standard InChI is InChI=1S/C64H118O5/c1-3-5-7-9-11-13-15-17-19-21-23-25-27-29-31-33-34-36-38-40-42-44-46-48-50-52-54-56-58-63(66)68-61-62(60-65)69-64(67)59-57-55-53-51-49-47-45-43-41-39-37-35-32-30-28-26-24-22-20-18-16-14-12-10-8-6-4-2/h6,8,12,14,18,20,24,26,62,65H,3-5,7,9-11,13,15-17,19,21-23,25,27-61H2,1-2H3/b8-6-,14-12-,20-18-,26-24-. The molecule has 0 aliphatic carbocycles. The Balaban J connectivity index is 3.42. The van der Waals surface area contributed by atoms with E-state index in [4.69, 9.17) is 9.47 Å². The summed E-state index contributed by atoms with van der Waals surface area (Å²) in [4.78, 5) is 24.6. The van der Waals surface area contributed by atoms with E-state index in [1.807, 2.05) is 0 Å². The highest BCUT2D eigenvalue weighted by Gasteiger charge is 2.16. The van der Waals surface area contributed by atoms with E-state index in [1.165, 1.54) is 244 Å². The minimum Gasteiger partial charge on any atom is -0.462 e. The van der Waals surface area contributed by atoms with Gasteiger partial charge in [0.25, 0.3) is 0 Å². The van der Waals surface area contributed by atoms with Crippen LogP contribution in [0.4, 0.5) is 0 Å². The van der Waals surface area contributed by atoms with Gasteiger partial charge in [-0.25, -0.2) is 0 Å². The van der Waals surface area contributed by atoms with Crippen molar-refractivity contribution < 1.29 is 24.2 Å². The van der Waals surface area contributed by atoms with Crippen LogP contribution in [0, 0.1) is 0 Å². The molecule has 0 amide bonds. The lowest BCUT2D eigenvalue weighted by molar-refractivity contribution is -0.161. The summed E-state index contributed by atoms with van der Waals surface area (Å²) in [5.41, 5.74) is 0. The Hall–Kier alpha value is -2.14. The number of allylic oxidation sites excluding steroid dienone is 8. The van der Waals surface area contributed by atoms with Crippen molar-refractivity contribution >= 4 is 11.9 Å². The monoisotopic (exact) mass is 967 g/mol. The maximum absolute atomic E-state index is 12.3. The number of carbonyl (C=O) groups is 2. The Bertz CT molecular complexity index is 1140. The number of rotatable bonds is 57. The van der Waals surface area contributed by atoms with Gasteiger partial charge in [-0.3, -0.25) is 9.59 Å². The fraction of sp³-hybridized carbons (Fsp3) is 0.844. The first kappa shape index (κ1) is 66.9. The molecule has 5 heteroatoms. The molecule has 0 spiro atoms. The molecule has 69 heavy (non-hydrogen) atoms. The van der Waals surface area contributed by atoms with Crippen molar-refractivity contribution in [2.75, 3.05) is 13.2 Å². The Morgan fingerprint density at radius 2 is 0.623 bits per heavy atom. The number of ether oxygens (including phenoxy) is 2. The summed E-state index contributed by atoms with van der Waals surface area (Å²) < 4.78 is 10.7. The highest BCUT2D eigenvalue weighted by molar-refractivity contribution is 5.70. The molecule has 0 aromatic heterocycles. The van der Waals surface area contributed by atoms with Crippen molar-refractivity contribution in [1.82, 2.24) is 0 Å². The number of hydrogen-bond acceptors (Lipinski definition) is 5. The maximum Gasteiger partial charge on any atom is 0.306 e. The molecule has 0 saturated heterocycles. The Morgan fingerprint density at radius 1 is 0.348 bits per heavy atom. The van der Waals surface area contributed by atoms with Gasteiger partial charge in [-0.05, 0) is 51.4 Å². The molecule has 1 atom stereocenters. The molecule has 0 aromatic rings. The Morgan fingerprint density at radius 3 is 0.942 bits per heavy atom. The molecule has 404 valence electrons. The summed E-state index contributed by atoms with van der Waals surface area (Å²) in [6.07, 6.45) is 79.7. The quantitative estimate of drug-likeness (QED) is 0.0373. The second-order valence-corrected chi connectivity index (χ2v) is 20.8. The van der Waals surface area contributed by atoms with Crippen LogP contribution in [0.1, 0.15) is 328 Å². The van der Waals surface area contributed by atoms with Gasteiger partial charge < -0.3 is 14.6 Å². The van der Waals surface area contributed by atoms with E-state index in [1.54, 1.807) is 0 Å². The lowest BCUT2D eigenvalue weighted by Gasteiger charge is -2.15. The molecule has 0 saturated carbocycles. The van der Waals surface area contributed by atoms with Crippen LogP contribution in [0.5, 0.6) is 0 Å². The van der Waals surface area contributed by atoms with E-state index in [0.29, 0.717) is 12.8 Å². The predicted octanol–water partition coefficient (Wildman–Crippen LogP) is 20.8. The molecular formula is C64H118O5. The maximum atomic E-state index is 12.3. The Labute approximate surface area is 430 Å². The molecule has 0 heterocycles. The third-order valence-electron chi connectivity index (χ3n) is 13.9. The molecule has 0 rings (SSSR count). The van der Waals surface area contributed by atoms with Gasteiger partial charge in [0.2, 0.25) is 0 Å². The number of esters is 2. The summed E-state index contributed by atoms with van der Waals surface area (Å²) in [5.74, 6) is -0.573. The predicted molar refractivity (Wildman–Crippen MR) is 302 cm³/mol. The highest BCUT2D eigenvalue weighted by Crippen LogP contribution is 2.18. The van der Waals surface area contributed by atoms with Gasteiger partial charge in [0, 0.05) is 12.8 Å². The first-order valence-corrected chi connectivity index (χ1v) is 30.7. The molecule has 5 nitrogen and oxygen atoms in total. The van der Waals surface area contributed by atoms with E-state index < -0.39 is 6.10 Å². The van der Waals surface area contributed by atoms with E-state index in [0.717, 1.165) is 57.8 Å². The van der Waals surface area contributed by atoms with Gasteiger partial charge in [0.1, 0.15) is 6.61 Å². The van der Waals surface area contributed by atoms with Crippen LogP contribution in [-0.4, -0.2) is 36.4 Å². The third-order valence-corrected chi connectivity index (χ3v) is 13.9. The van der Waals surface area contributed by atoms with Gasteiger partial charge in [0.05, 0.1) is 6.61 Å². The number of carbonyl (C=O) groups excluding carboxylic acids is 2. The molecule has 1 unspecified atom stereocenters. The molecule has 0 aromatic carbocycles. The van der Waals surface area contributed by atoms with Crippen LogP contribution in [0.2, 0.25) is 0 Å². The zero-order chi connectivity index (χ0) is 49.9. The lowest BCUT2D eigenvalue weighted by Crippen LogP contribution is -2.28. The van der Waals surface area contributed by atoms with Gasteiger partial charge in [-0.1, -0.05) is 313 Å². The highest BCUT2D eigenvalue weighted by atomic mass is 16.6. The van der Waals surface area contributed by atoms with Gasteiger partial charge in [-0.15, -0.1) is 0 Å². The zero-order valence-electron chi connectivity index (χ0n) is 46.3. The summed E-state index contributed by atoms with van der Waals surface area (Å²) in [6.45, 7) is 4.08. The molecule has 0 aliphatic rings. The molecule has 0 bridgehead atoms. The summed E-state index contributed by atoms with van der Waals surface area (Å²) >= 11 is 0. The third kappa shape index (κ3) is 58.3. The smallest absolute Gasteiger partial charge is 0.306 e. The van der Waals surface area contributed by atoms with Crippen molar-refractivity contribution in [3.05, 3.63) is 48.6 Å². The lowest BCUT2D eigenvalue weighted by atomic mass is 10.0. The Kier molecular flexibility index (Phi) is 58.3. The largest absolute Gasteiger partial charge is 0.462 e. The minimum atomic E-state index is -0.772. The molecule has 0 radical (unpaired) electrons. The first-order chi connectivity index (χ1) is 34.1. The number of unbranched alkanes of at least 4 members (excludes halogenated alkanes) is 41. The van der Waals surface area contributed by atoms with E-state index >= 15 is 0 Å². The molecule has 0 fully saturated rings. The zero-order valence-corrected chi connectivity index (χ0v) is 46.3. The molecular weight excluding hydrogens is 849 g/mol. The van der Waals surface area contributed by atoms with Gasteiger partial charge >= 0.3 is 11.9 Å². The summed E-state index contributed by atoms with van der Waals surface area (Å²) in [7, 11) is 0. The summed E-state index contributed by atoms with van der Waals surface area (Å²) in [5, 5.41) is 9.67. The SMILES string of the molecule is CC/C=C\C/C=C\C/C=C\C/C=C\CCCCCCCCCCCCCCCCC(=O)OC(CO)COC(=O)CCCCCCCCCCCCCCCCCCCCCCCCCCCCCC. The van der Waals surface area contributed by atoms with Crippen LogP contribution >= 0.6 is 0 Å². The number of aliphatic hydroxyl groups excluding tert-OH is 1. The van der Waals surface area contributed by atoms with Crippen LogP contribution in [0.15, 0.2) is 48.6 Å². The average Bonchev–Trinajstić information content (AvgIpc) is 3.35. The first-order valence-electron chi connectivity index (χ1n) is 30.7. The minimum absolute atomic E-state index is 0.0616. The van der Waals surface area contributed by atoms with E-state index in [-0.39, 0.29) is 25.2 Å². The van der Waals surface area contributed by atoms with Crippen molar-refractivity contribution in [2.24, 2.45) is 0 Å². The van der Waals surface area contributed by atoms with Crippen LogP contribution in [0.3, 0.4) is 0 Å². The summed E-state index contributed by atoms with van der Waals surface area (Å²) in [6, 6.07) is 0. The van der Waals surface area contributed by atoms with Gasteiger partial charge in [-0.2, -0.15) is 0 Å². The van der Waals surface area contributed by atoms with Crippen LogP contribution in [-0.2, 0) is 19.1 Å². The fourth-order valence-corrected chi connectivity index (χ4v) is 9.32. The van der Waals surface area contributed by atoms with E-state index in [2.05, 4.69) is 62.5 Å². The molecule has 0 aliphatic heterocycles. The van der Waals surface area contributed by atoms with Crippen molar-refractivity contribution in [2.45, 2.75) is 335 Å². The number of aliphatic hydroxyl groups is 1. The van der Waals surface area contributed by atoms with E-state index in [9.17, 15) is 14.7 Å².